The van der Waals surface area contributed by atoms with Crippen molar-refractivity contribution in [3.63, 3.8) is 0 Å². The fraction of sp³-hybridized carbons (Fsp3) is 0. The molecule has 2 aromatic carbocycles. The standard InChI is InChI=1S/C13H7F4NO/c14-8-6-9(15)12(17)10(11(8)16)13(18-19)7-4-2-1-3-5-7/h1-6,19H/b18-13+. The summed E-state index contributed by atoms with van der Waals surface area (Å²) in [6.07, 6.45) is 0. The van der Waals surface area contributed by atoms with Crippen LogP contribution in [0, 0.1) is 23.3 Å². The Kier molecular flexibility index (Phi) is 3.50. The van der Waals surface area contributed by atoms with E-state index in [2.05, 4.69) is 5.16 Å². The Hall–Kier alpha value is -2.37. The molecular formula is C13H7F4NO. The third kappa shape index (κ3) is 2.29. The molecule has 0 aromatic heterocycles. The third-order valence-corrected chi connectivity index (χ3v) is 2.50. The molecule has 0 aliphatic carbocycles. The summed E-state index contributed by atoms with van der Waals surface area (Å²) in [7, 11) is 0. The molecule has 19 heavy (non-hydrogen) atoms. The lowest BCUT2D eigenvalue weighted by Crippen LogP contribution is -2.12. The summed E-state index contributed by atoms with van der Waals surface area (Å²) >= 11 is 0. The average molecular weight is 269 g/mol. The second-order valence-corrected chi connectivity index (χ2v) is 3.66. The van der Waals surface area contributed by atoms with Crippen LogP contribution in [0.1, 0.15) is 11.1 Å². The van der Waals surface area contributed by atoms with E-state index in [0.29, 0.717) is 0 Å². The van der Waals surface area contributed by atoms with Gasteiger partial charge in [-0.05, 0) is 0 Å². The van der Waals surface area contributed by atoms with Crippen LogP contribution in [0.15, 0.2) is 41.6 Å². The molecular weight excluding hydrogens is 262 g/mol. The Morgan fingerprint density at radius 3 is 1.89 bits per heavy atom. The SMILES string of the molecule is O/N=C(\c1ccccc1)c1c(F)c(F)cc(F)c1F. The molecule has 0 unspecified atom stereocenters. The van der Waals surface area contributed by atoms with Gasteiger partial charge in [0.05, 0.1) is 5.56 Å². The first-order chi connectivity index (χ1) is 9.06. The number of halogens is 4. The van der Waals surface area contributed by atoms with Crippen molar-refractivity contribution in [3.05, 3.63) is 70.8 Å². The highest BCUT2D eigenvalue weighted by atomic mass is 19.2. The van der Waals surface area contributed by atoms with Gasteiger partial charge in [-0.2, -0.15) is 0 Å². The Morgan fingerprint density at radius 2 is 1.42 bits per heavy atom. The summed E-state index contributed by atoms with van der Waals surface area (Å²) in [4.78, 5) is 0. The van der Waals surface area contributed by atoms with Crippen LogP contribution in [0.3, 0.4) is 0 Å². The highest BCUT2D eigenvalue weighted by Gasteiger charge is 2.24. The van der Waals surface area contributed by atoms with E-state index in [1.165, 1.54) is 24.3 Å². The molecule has 6 heteroatoms. The molecule has 0 fully saturated rings. The lowest BCUT2D eigenvalue weighted by atomic mass is 10.0. The molecule has 0 bridgehead atoms. The van der Waals surface area contributed by atoms with E-state index in [9.17, 15) is 17.6 Å². The minimum atomic E-state index is -1.62. The average Bonchev–Trinajstić information content (AvgIpc) is 2.42. The van der Waals surface area contributed by atoms with Gasteiger partial charge in [0.2, 0.25) is 0 Å². The monoisotopic (exact) mass is 269 g/mol. The topological polar surface area (TPSA) is 32.6 Å². The van der Waals surface area contributed by atoms with Crippen molar-refractivity contribution in [2.45, 2.75) is 0 Å². The van der Waals surface area contributed by atoms with Crippen molar-refractivity contribution in [2.24, 2.45) is 5.16 Å². The number of oxime groups is 1. The smallest absolute Gasteiger partial charge is 0.171 e. The Labute approximate surface area is 105 Å². The summed E-state index contributed by atoms with van der Waals surface area (Å²) in [6, 6.07) is 7.52. The van der Waals surface area contributed by atoms with Crippen LogP contribution in [-0.2, 0) is 0 Å². The zero-order valence-corrected chi connectivity index (χ0v) is 9.37. The largest absolute Gasteiger partial charge is 0.410 e. The number of nitrogens with zero attached hydrogens (tertiary/aromatic N) is 1. The second-order valence-electron chi connectivity index (χ2n) is 3.66. The minimum Gasteiger partial charge on any atom is -0.410 e. The summed E-state index contributed by atoms with van der Waals surface area (Å²) in [5.41, 5.74) is -1.52. The summed E-state index contributed by atoms with van der Waals surface area (Å²) in [5, 5.41) is 11.6. The maximum absolute atomic E-state index is 13.6. The predicted molar refractivity (Wildman–Crippen MR) is 60.1 cm³/mol. The van der Waals surface area contributed by atoms with Crippen LogP contribution in [0.4, 0.5) is 17.6 Å². The summed E-state index contributed by atoms with van der Waals surface area (Å²) < 4.78 is 53.4. The summed E-state index contributed by atoms with van der Waals surface area (Å²) in [5.74, 6) is -6.36. The zero-order chi connectivity index (χ0) is 14.0. The molecule has 1 N–H and O–H groups in total. The lowest BCUT2D eigenvalue weighted by molar-refractivity contribution is 0.319. The lowest BCUT2D eigenvalue weighted by Gasteiger charge is -2.08. The first-order valence-electron chi connectivity index (χ1n) is 5.17. The van der Waals surface area contributed by atoms with Crippen molar-refractivity contribution in [1.82, 2.24) is 0 Å². The normalized spacial score (nSPS) is 11.7. The van der Waals surface area contributed by atoms with E-state index in [1.54, 1.807) is 6.07 Å². The quantitative estimate of drug-likeness (QED) is 0.292. The number of hydrogen-bond acceptors (Lipinski definition) is 2. The Balaban J connectivity index is 2.71. The van der Waals surface area contributed by atoms with Gasteiger partial charge in [0.25, 0.3) is 0 Å². The summed E-state index contributed by atoms with van der Waals surface area (Å²) in [6.45, 7) is 0. The molecule has 0 radical (unpaired) electrons. The molecule has 0 spiro atoms. The number of hydrogen-bond donors (Lipinski definition) is 1. The molecule has 0 aliphatic rings. The van der Waals surface area contributed by atoms with Gasteiger partial charge in [-0.3, -0.25) is 0 Å². The Morgan fingerprint density at radius 1 is 0.895 bits per heavy atom. The highest BCUT2D eigenvalue weighted by Crippen LogP contribution is 2.22. The van der Waals surface area contributed by atoms with Crippen molar-refractivity contribution in [2.75, 3.05) is 0 Å². The highest BCUT2D eigenvalue weighted by molar-refractivity contribution is 6.12. The van der Waals surface area contributed by atoms with Crippen LogP contribution in [0.2, 0.25) is 0 Å². The minimum absolute atomic E-state index is 0.0914. The number of rotatable bonds is 2. The second kappa shape index (κ2) is 5.09. The molecule has 0 amide bonds. The fourth-order valence-electron chi connectivity index (χ4n) is 1.63. The molecule has 0 aliphatic heterocycles. The van der Waals surface area contributed by atoms with Crippen LogP contribution < -0.4 is 0 Å². The van der Waals surface area contributed by atoms with Gasteiger partial charge < -0.3 is 5.21 Å². The molecule has 2 nitrogen and oxygen atoms in total. The molecule has 98 valence electrons. The van der Waals surface area contributed by atoms with E-state index in [1.807, 2.05) is 0 Å². The molecule has 0 heterocycles. The van der Waals surface area contributed by atoms with E-state index in [-0.39, 0.29) is 11.6 Å². The molecule has 2 rings (SSSR count). The van der Waals surface area contributed by atoms with Gasteiger partial charge in [-0.1, -0.05) is 35.5 Å². The molecule has 0 saturated heterocycles. The van der Waals surface area contributed by atoms with Gasteiger partial charge in [0.1, 0.15) is 5.71 Å². The van der Waals surface area contributed by atoms with Crippen LogP contribution in [0.5, 0.6) is 0 Å². The predicted octanol–water partition coefficient (Wildman–Crippen LogP) is 3.47. The van der Waals surface area contributed by atoms with E-state index in [4.69, 9.17) is 5.21 Å². The van der Waals surface area contributed by atoms with E-state index < -0.39 is 34.5 Å². The van der Waals surface area contributed by atoms with Crippen LogP contribution in [-0.4, -0.2) is 10.9 Å². The van der Waals surface area contributed by atoms with Gasteiger partial charge in [0, 0.05) is 11.6 Å². The number of benzene rings is 2. The molecule has 0 atom stereocenters. The first-order valence-corrected chi connectivity index (χ1v) is 5.17. The van der Waals surface area contributed by atoms with E-state index >= 15 is 0 Å². The van der Waals surface area contributed by atoms with Crippen molar-refractivity contribution >= 4 is 5.71 Å². The maximum atomic E-state index is 13.6. The van der Waals surface area contributed by atoms with Gasteiger partial charge >= 0.3 is 0 Å². The van der Waals surface area contributed by atoms with Gasteiger partial charge in [-0.15, -0.1) is 0 Å². The van der Waals surface area contributed by atoms with Gasteiger partial charge in [0.15, 0.2) is 23.3 Å². The third-order valence-electron chi connectivity index (χ3n) is 2.50. The van der Waals surface area contributed by atoms with Crippen molar-refractivity contribution in [1.29, 1.82) is 0 Å². The van der Waals surface area contributed by atoms with Crippen molar-refractivity contribution in [3.8, 4) is 0 Å². The fourth-order valence-corrected chi connectivity index (χ4v) is 1.63. The Bertz CT molecular complexity index is 615. The first kappa shape index (κ1) is 13.1. The van der Waals surface area contributed by atoms with Gasteiger partial charge in [-0.25, -0.2) is 17.6 Å². The zero-order valence-electron chi connectivity index (χ0n) is 9.37. The maximum Gasteiger partial charge on any atom is 0.171 e. The van der Waals surface area contributed by atoms with Crippen LogP contribution >= 0.6 is 0 Å². The molecule has 0 saturated carbocycles. The van der Waals surface area contributed by atoms with Crippen LogP contribution in [0.25, 0.3) is 0 Å². The van der Waals surface area contributed by atoms with Crippen molar-refractivity contribution < 1.29 is 22.8 Å². The molecule has 2 aromatic rings. The van der Waals surface area contributed by atoms with E-state index in [0.717, 1.165) is 0 Å².